The van der Waals surface area contributed by atoms with Crippen LogP contribution in [0.15, 0.2) is 21.8 Å². The van der Waals surface area contributed by atoms with Gasteiger partial charge in [-0.25, -0.2) is 0 Å². The summed E-state index contributed by atoms with van der Waals surface area (Å²) in [6, 6.07) is 2.20. The van der Waals surface area contributed by atoms with E-state index in [-0.39, 0.29) is 0 Å². The summed E-state index contributed by atoms with van der Waals surface area (Å²) in [6.07, 6.45) is 12.2. The van der Waals surface area contributed by atoms with Crippen LogP contribution in [0.3, 0.4) is 0 Å². The number of nitriles is 1. The average molecular weight is 307 g/mol. The Morgan fingerprint density at radius 1 is 1.33 bits per heavy atom. The zero-order chi connectivity index (χ0) is 13.4. The lowest BCUT2D eigenvalue weighted by Gasteiger charge is -2.29. The molecule has 0 aromatic rings. The molecule has 0 saturated carbocycles. The lowest BCUT2D eigenvalue weighted by Crippen LogP contribution is -2.28. The van der Waals surface area contributed by atoms with Crippen LogP contribution < -0.4 is 0 Å². The molecule has 0 aromatic heterocycles. The van der Waals surface area contributed by atoms with Crippen molar-refractivity contribution < 1.29 is 0 Å². The van der Waals surface area contributed by atoms with Crippen LogP contribution in [-0.4, -0.2) is 18.0 Å². The molecule has 0 amide bonds. The van der Waals surface area contributed by atoms with Crippen molar-refractivity contribution in [1.29, 1.82) is 5.26 Å². The molecule has 0 unspecified atom stereocenters. The first-order valence-electron chi connectivity index (χ1n) is 6.30. The van der Waals surface area contributed by atoms with Crippen molar-refractivity contribution in [3.63, 3.8) is 0 Å². The first-order chi connectivity index (χ1) is 8.69. The third kappa shape index (κ3) is 4.59. The Morgan fingerprint density at radius 2 is 2.00 bits per heavy atom. The highest BCUT2D eigenvalue weighted by Crippen LogP contribution is 2.23. The van der Waals surface area contributed by atoms with Gasteiger partial charge in [-0.15, -0.1) is 12.3 Å². The third-order valence-electron chi connectivity index (χ3n) is 3.11. The van der Waals surface area contributed by atoms with Gasteiger partial charge in [0.2, 0.25) is 0 Å². The SMILES string of the molecule is C#CC/C(Br)=C(\C=C(/C)N1CCCCC1)CC#N. The molecule has 0 aromatic carbocycles. The Kier molecular flexibility index (Phi) is 6.61. The second kappa shape index (κ2) is 8.01. The molecule has 1 saturated heterocycles. The number of hydrogen-bond donors (Lipinski definition) is 0. The van der Waals surface area contributed by atoms with Gasteiger partial charge in [0.05, 0.1) is 12.5 Å². The number of nitrogens with zero attached hydrogens (tertiary/aromatic N) is 2. The normalized spacial score (nSPS) is 17.8. The number of hydrogen-bond acceptors (Lipinski definition) is 2. The van der Waals surface area contributed by atoms with Crippen molar-refractivity contribution >= 4 is 15.9 Å². The Hall–Kier alpha value is -1.19. The largest absolute Gasteiger partial charge is 0.375 e. The monoisotopic (exact) mass is 306 g/mol. The van der Waals surface area contributed by atoms with Gasteiger partial charge >= 0.3 is 0 Å². The van der Waals surface area contributed by atoms with Crippen LogP contribution in [0, 0.1) is 23.7 Å². The van der Waals surface area contributed by atoms with E-state index >= 15 is 0 Å². The summed E-state index contributed by atoms with van der Waals surface area (Å²) in [7, 11) is 0. The molecule has 1 fully saturated rings. The van der Waals surface area contributed by atoms with Crippen LogP contribution in [0.1, 0.15) is 39.0 Å². The summed E-state index contributed by atoms with van der Waals surface area (Å²) in [4.78, 5) is 2.39. The van der Waals surface area contributed by atoms with Gasteiger partial charge in [-0.1, -0.05) is 15.9 Å². The molecule has 0 bridgehead atoms. The summed E-state index contributed by atoms with van der Waals surface area (Å²) >= 11 is 3.48. The highest BCUT2D eigenvalue weighted by Gasteiger charge is 2.11. The lowest BCUT2D eigenvalue weighted by molar-refractivity contribution is 0.286. The molecule has 1 aliphatic rings. The molecular formula is C15H19BrN2. The van der Waals surface area contributed by atoms with E-state index in [1.165, 1.54) is 25.0 Å². The van der Waals surface area contributed by atoms with E-state index in [0.29, 0.717) is 12.8 Å². The molecule has 96 valence electrons. The maximum Gasteiger partial charge on any atom is 0.0670 e. The summed E-state index contributed by atoms with van der Waals surface area (Å²) in [5.74, 6) is 2.60. The Balaban J connectivity index is 2.84. The average Bonchev–Trinajstić information content (AvgIpc) is 2.39. The lowest BCUT2D eigenvalue weighted by atomic mass is 10.1. The van der Waals surface area contributed by atoms with Crippen molar-refractivity contribution in [3.05, 3.63) is 21.8 Å². The molecule has 0 N–H and O–H groups in total. The van der Waals surface area contributed by atoms with E-state index in [4.69, 9.17) is 11.7 Å². The molecule has 1 rings (SSSR count). The topological polar surface area (TPSA) is 27.0 Å². The number of halogens is 1. The number of allylic oxidation sites excluding steroid dienone is 4. The van der Waals surface area contributed by atoms with Crippen LogP contribution >= 0.6 is 15.9 Å². The number of terminal acetylenes is 1. The minimum absolute atomic E-state index is 0.396. The van der Waals surface area contributed by atoms with Crippen molar-refractivity contribution in [1.82, 2.24) is 4.90 Å². The smallest absolute Gasteiger partial charge is 0.0670 e. The van der Waals surface area contributed by atoms with Crippen molar-refractivity contribution in [2.75, 3.05) is 13.1 Å². The molecule has 3 heteroatoms. The molecule has 0 atom stereocenters. The Bertz CT molecular complexity index is 415. The molecular weight excluding hydrogens is 288 g/mol. The summed E-state index contributed by atoms with van der Waals surface area (Å²) in [5.41, 5.74) is 2.23. The molecule has 0 spiro atoms. The quantitative estimate of drug-likeness (QED) is 0.580. The fraction of sp³-hybridized carbons (Fsp3) is 0.533. The highest BCUT2D eigenvalue weighted by atomic mass is 79.9. The Morgan fingerprint density at radius 3 is 2.56 bits per heavy atom. The van der Waals surface area contributed by atoms with Gasteiger partial charge in [0.1, 0.15) is 0 Å². The van der Waals surface area contributed by atoms with Crippen molar-refractivity contribution in [2.45, 2.75) is 39.0 Å². The van der Waals surface area contributed by atoms with Crippen molar-refractivity contribution in [2.24, 2.45) is 0 Å². The van der Waals surface area contributed by atoms with E-state index in [1.54, 1.807) is 0 Å². The van der Waals surface area contributed by atoms with E-state index in [9.17, 15) is 0 Å². The summed E-state index contributed by atoms with van der Waals surface area (Å²) in [5, 5.41) is 8.88. The molecule has 1 aliphatic heterocycles. The van der Waals surface area contributed by atoms with Gasteiger partial charge in [-0.05, 0) is 37.8 Å². The fourth-order valence-electron chi connectivity index (χ4n) is 2.10. The van der Waals surface area contributed by atoms with Gasteiger partial charge < -0.3 is 4.90 Å². The number of rotatable bonds is 4. The first-order valence-corrected chi connectivity index (χ1v) is 7.09. The van der Waals surface area contributed by atoms with E-state index in [2.05, 4.69) is 45.8 Å². The Labute approximate surface area is 118 Å². The predicted octanol–water partition coefficient (Wildman–Crippen LogP) is 3.96. The highest BCUT2D eigenvalue weighted by molar-refractivity contribution is 9.11. The summed E-state index contributed by atoms with van der Waals surface area (Å²) < 4.78 is 0.947. The van der Waals surface area contributed by atoms with Crippen LogP contribution in [0.4, 0.5) is 0 Å². The zero-order valence-corrected chi connectivity index (χ0v) is 12.5. The van der Waals surface area contributed by atoms with E-state index in [1.807, 2.05) is 0 Å². The van der Waals surface area contributed by atoms with Crippen molar-refractivity contribution in [3.8, 4) is 18.4 Å². The molecule has 18 heavy (non-hydrogen) atoms. The van der Waals surface area contributed by atoms with Gasteiger partial charge in [0.25, 0.3) is 0 Å². The van der Waals surface area contributed by atoms with E-state index < -0.39 is 0 Å². The maximum atomic E-state index is 8.88. The van der Waals surface area contributed by atoms with Crippen LogP contribution in [0.25, 0.3) is 0 Å². The number of likely N-dealkylation sites (tertiary alicyclic amines) is 1. The number of piperidine rings is 1. The molecule has 2 nitrogen and oxygen atoms in total. The predicted molar refractivity (Wildman–Crippen MR) is 78.8 cm³/mol. The van der Waals surface area contributed by atoms with Crippen LogP contribution in [0.2, 0.25) is 0 Å². The molecule has 0 radical (unpaired) electrons. The van der Waals surface area contributed by atoms with Gasteiger partial charge in [-0.2, -0.15) is 5.26 Å². The first kappa shape index (κ1) is 14.9. The van der Waals surface area contributed by atoms with E-state index in [0.717, 1.165) is 23.1 Å². The van der Waals surface area contributed by atoms with Crippen LogP contribution in [0.5, 0.6) is 0 Å². The second-order valence-corrected chi connectivity index (χ2v) is 5.44. The third-order valence-corrected chi connectivity index (χ3v) is 3.90. The van der Waals surface area contributed by atoms with Gasteiger partial charge in [0.15, 0.2) is 0 Å². The minimum Gasteiger partial charge on any atom is -0.375 e. The maximum absolute atomic E-state index is 8.88. The standard InChI is InChI=1S/C15H19BrN2/c1-3-7-15(16)14(8-9-17)12-13(2)18-10-5-4-6-11-18/h1,12H,4-8,10-11H2,2H3/b13-12+,15-14+. The van der Waals surface area contributed by atoms with Gasteiger partial charge in [0, 0.05) is 29.7 Å². The van der Waals surface area contributed by atoms with Crippen LogP contribution in [-0.2, 0) is 0 Å². The zero-order valence-electron chi connectivity index (χ0n) is 10.9. The van der Waals surface area contributed by atoms with Gasteiger partial charge in [-0.3, -0.25) is 0 Å². The fourth-order valence-corrected chi connectivity index (χ4v) is 2.52. The second-order valence-electron chi connectivity index (χ2n) is 4.48. The minimum atomic E-state index is 0.396. The molecule has 0 aliphatic carbocycles. The summed E-state index contributed by atoms with van der Waals surface area (Å²) in [6.45, 7) is 4.35. The molecule has 1 heterocycles.